The van der Waals surface area contributed by atoms with E-state index in [9.17, 15) is 9.90 Å². The maximum atomic E-state index is 12.8. The number of hydrazine groups is 1. The summed E-state index contributed by atoms with van der Waals surface area (Å²) in [7, 11) is 0. The van der Waals surface area contributed by atoms with Crippen molar-refractivity contribution in [3.05, 3.63) is 77.6 Å². The molecule has 1 fully saturated rings. The monoisotopic (exact) mass is 391 g/mol. The Morgan fingerprint density at radius 3 is 2.62 bits per heavy atom. The lowest BCUT2D eigenvalue weighted by atomic mass is 10.0. The van der Waals surface area contributed by atoms with Gasteiger partial charge in [-0.1, -0.05) is 30.3 Å². The van der Waals surface area contributed by atoms with Crippen molar-refractivity contribution in [1.82, 2.24) is 25.9 Å². The fraction of sp³-hybridized carbons (Fsp3) is 0.273. The molecule has 0 spiro atoms. The van der Waals surface area contributed by atoms with Crippen molar-refractivity contribution < 1.29 is 9.90 Å². The van der Waals surface area contributed by atoms with Gasteiger partial charge in [0.05, 0.1) is 17.9 Å². The van der Waals surface area contributed by atoms with Gasteiger partial charge in [-0.25, -0.2) is 15.5 Å². The predicted octanol–water partition coefficient (Wildman–Crippen LogP) is 2.67. The maximum absolute atomic E-state index is 12.8. The molecule has 0 radical (unpaired) electrons. The van der Waals surface area contributed by atoms with Crippen LogP contribution in [0, 0.1) is 6.92 Å². The first kappa shape index (κ1) is 19.2. The summed E-state index contributed by atoms with van der Waals surface area (Å²) >= 11 is 0. The highest BCUT2D eigenvalue weighted by Gasteiger charge is 2.31. The SMILES string of the molecule is Cc1c(C(C)NC(=O)C2CC(c3ccc(O)cc3)NN2)cnn1-c1ccccc1. The molecule has 1 aliphatic rings. The highest BCUT2D eigenvalue weighted by molar-refractivity contribution is 5.82. The normalized spacial score (nSPS) is 19.8. The Bertz CT molecular complexity index is 984. The summed E-state index contributed by atoms with van der Waals surface area (Å²) in [5, 5.41) is 17.0. The molecule has 3 unspecified atom stereocenters. The fourth-order valence-corrected chi connectivity index (χ4v) is 3.72. The predicted molar refractivity (Wildman–Crippen MR) is 110 cm³/mol. The van der Waals surface area contributed by atoms with Gasteiger partial charge in [-0.15, -0.1) is 0 Å². The van der Waals surface area contributed by atoms with Crippen molar-refractivity contribution in [2.24, 2.45) is 0 Å². The third-order valence-corrected chi connectivity index (χ3v) is 5.39. The highest BCUT2D eigenvalue weighted by Crippen LogP contribution is 2.25. The van der Waals surface area contributed by atoms with Gasteiger partial charge in [-0.3, -0.25) is 4.79 Å². The van der Waals surface area contributed by atoms with E-state index in [0.29, 0.717) is 6.42 Å². The number of hydrogen-bond acceptors (Lipinski definition) is 5. The number of aromatic nitrogens is 2. The van der Waals surface area contributed by atoms with E-state index < -0.39 is 0 Å². The molecule has 7 nitrogen and oxygen atoms in total. The molecule has 1 amide bonds. The van der Waals surface area contributed by atoms with Gasteiger partial charge < -0.3 is 10.4 Å². The quantitative estimate of drug-likeness (QED) is 0.537. The molecule has 0 aliphatic carbocycles. The number of rotatable bonds is 5. The first-order valence-corrected chi connectivity index (χ1v) is 9.73. The topological polar surface area (TPSA) is 91.2 Å². The number of carbonyl (C=O) groups is 1. The van der Waals surface area contributed by atoms with E-state index >= 15 is 0 Å². The smallest absolute Gasteiger partial charge is 0.239 e. The Hall–Kier alpha value is -3.16. The van der Waals surface area contributed by atoms with Crippen LogP contribution in [0.15, 0.2) is 60.8 Å². The summed E-state index contributed by atoms with van der Waals surface area (Å²) in [5.41, 5.74) is 10.3. The number of amides is 1. The van der Waals surface area contributed by atoms with Gasteiger partial charge in [0.15, 0.2) is 0 Å². The summed E-state index contributed by atoms with van der Waals surface area (Å²) in [6, 6.07) is 16.5. The number of hydrogen-bond donors (Lipinski definition) is 4. The van der Waals surface area contributed by atoms with Gasteiger partial charge >= 0.3 is 0 Å². The summed E-state index contributed by atoms with van der Waals surface area (Å²) in [6.07, 6.45) is 2.44. The maximum Gasteiger partial charge on any atom is 0.239 e. The molecule has 2 heterocycles. The van der Waals surface area contributed by atoms with Crippen molar-refractivity contribution in [2.45, 2.75) is 38.4 Å². The molecule has 29 heavy (non-hydrogen) atoms. The minimum atomic E-state index is -0.333. The molecule has 1 saturated heterocycles. The molecule has 3 atom stereocenters. The van der Waals surface area contributed by atoms with Crippen molar-refractivity contribution >= 4 is 5.91 Å². The molecule has 4 N–H and O–H groups in total. The first-order chi connectivity index (χ1) is 14.0. The van der Waals surface area contributed by atoms with Crippen LogP contribution < -0.4 is 16.2 Å². The van der Waals surface area contributed by atoms with E-state index in [4.69, 9.17) is 0 Å². The van der Waals surface area contributed by atoms with Gasteiger partial charge in [0.1, 0.15) is 11.8 Å². The van der Waals surface area contributed by atoms with E-state index in [2.05, 4.69) is 21.3 Å². The molecule has 1 aromatic heterocycles. The largest absolute Gasteiger partial charge is 0.508 e. The standard InChI is InChI=1S/C22H25N5O2/c1-14(19-13-23-27(15(19)2)17-6-4-3-5-7-17)24-22(29)21-12-20(25-26-21)16-8-10-18(28)11-9-16/h3-11,13-14,20-21,25-26,28H,12H2,1-2H3,(H,24,29). The van der Waals surface area contributed by atoms with Crippen LogP contribution in [0.5, 0.6) is 5.75 Å². The van der Waals surface area contributed by atoms with E-state index in [1.807, 2.05) is 67.2 Å². The average molecular weight is 391 g/mol. The van der Waals surface area contributed by atoms with Crippen LogP contribution >= 0.6 is 0 Å². The second-order valence-corrected chi connectivity index (χ2v) is 7.38. The lowest BCUT2D eigenvalue weighted by Gasteiger charge is -2.17. The molecule has 3 aromatic rings. The zero-order valence-corrected chi connectivity index (χ0v) is 16.5. The Balaban J connectivity index is 1.40. The molecule has 4 rings (SSSR count). The average Bonchev–Trinajstić information content (AvgIpc) is 3.36. The molecule has 150 valence electrons. The molecular weight excluding hydrogens is 366 g/mol. The zero-order chi connectivity index (χ0) is 20.4. The van der Waals surface area contributed by atoms with E-state index in [-0.39, 0.29) is 29.8 Å². The molecule has 2 aromatic carbocycles. The van der Waals surface area contributed by atoms with E-state index in [1.165, 1.54) is 0 Å². The zero-order valence-electron chi connectivity index (χ0n) is 16.5. The molecule has 0 bridgehead atoms. The van der Waals surface area contributed by atoms with Crippen LogP contribution in [-0.4, -0.2) is 26.8 Å². The van der Waals surface area contributed by atoms with Crippen molar-refractivity contribution in [2.75, 3.05) is 0 Å². The van der Waals surface area contributed by atoms with Crippen LogP contribution in [-0.2, 0) is 4.79 Å². The minimum Gasteiger partial charge on any atom is -0.508 e. The number of phenols is 1. The minimum absolute atomic E-state index is 0.0178. The third kappa shape index (κ3) is 4.01. The number of carbonyl (C=O) groups excluding carboxylic acids is 1. The fourth-order valence-electron chi connectivity index (χ4n) is 3.72. The van der Waals surface area contributed by atoms with Gasteiger partial charge in [0.25, 0.3) is 0 Å². The highest BCUT2D eigenvalue weighted by atomic mass is 16.3. The van der Waals surface area contributed by atoms with Crippen molar-refractivity contribution in [1.29, 1.82) is 0 Å². The summed E-state index contributed by atoms with van der Waals surface area (Å²) in [4.78, 5) is 12.8. The lowest BCUT2D eigenvalue weighted by molar-refractivity contribution is -0.123. The third-order valence-electron chi connectivity index (χ3n) is 5.39. The van der Waals surface area contributed by atoms with Gasteiger partial charge in [-0.05, 0) is 50.1 Å². The lowest BCUT2D eigenvalue weighted by Crippen LogP contribution is -2.44. The Kier molecular flexibility index (Phi) is 5.33. The van der Waals surface area contributed by atoms with Crippen LogP contribution in [0.2, 0.25) is 0 Å². The molecule has 7 heteroatoms. The van der Waals surface area contributed by atoms with Crippen LogP contribution in [0.4, 0.5) is 0 Å². The summed E-state index contributed by atoms with van der Waals surface area (Å²) in [5.74, 6) is 0.174. The summed E-state index contributed by atoms with van der Waals surface area (Å²) < 4.78 is 1.88. The van der Waals surface area contributed by atoms with Crippen LogP contribution in [0.25, 0.3) is 5.69 Å². The number of benzene rings is 2. The Morgan fingerprint density at radius 2 is 1.90 bits per heavy atom. The number of phenolic OH excluding ortho intramolecular Hbond substituents is 1. The number of nitrogens with zero attached hydrogens (tertiary/aromatic N) is 2. The Labute approximate surface area is 169 Å². The van der Waals surface area contributed by atoms with Gasteiger partial charge in [0, 0.05) is 17.3 Å². The van der Waals surface area contributed by atoms with Gasteiger partial charge in [-0.2, -0.15) is 5.10 Å². The summed E-state index contributed by atoms with van der Waals surface area (Å²) in [6.45, 7) is 3.98. The second-order valence-electron chi connectivity index (χ2n) is 7.38. The van der Waals surface area contributed by atoms with Crippen LogP contribution in [0.3, 0.4) is 0 Å². The van der Waals surface area contributed by atoms with Crippen molar-refractivity contribution in [3.8, 4) is 11.4 Å². The number of aromatic hydroxyl groups is 1. The molecule has 0 saturated carbocycles. The first-order valence-electron chi connectivity index (χ1n) is 9.73. The van der Waals surface area contributed by atoms with Gasteiger partial charge in [0.2, 0.25) is 5.91 Å². The second kappa shape index (κ2) is 8.06. The van der Waals surface area contributed by atoms with Crippen molar-refractivity contribution in [3.63, 3.8) is 0 Å². The number of nitrogens with one attached hydrogen (secondary N) is 3. The Morgan fingerprint density at radius 1 is 1.17 bits per heavy atom. The molecule has 1 aliphatic heterocycles. The number of para-hydroxylation sites is 1. The van der Waals surface area contributed by atoms with E-state index in [1.54, 1.807) is 12.1 Å². The van der Waals surface area contributed by atoms with E-state index in [0.717, 1.165) is 22.5 Å². The molecular formula is C22H25N5O2. The van der Waals surface area contributed by atoms with Crippen LogP contribution in [0.1, 0.15) is 42.2 Å².